The molecule has 8 heteroatoms. The summed E-state index contributed by atoms with van der Waals surface area (Å²) in [5.74, 6) is -0.0248. The molecule has 0 spiro atoms. The van der Waals surface area contributed by atoms with Gasteiger partial charge in [-0.15, -0.1) is 0 Å². The van der Waals surface area contributed by atoms with Gasteiger partial charge in [-0.3, -0.25) is 4.79 Å². The molecule has 1 aliphatic rings. The lowest BCUT2D eigenvalue weighted by molar-refractivity contribution is -0.120. The number of hydrogen-bond donors (Lipinski definition) is 3. The molecule has 0 aliphatic carbocycles. The summed E-state index contributed by atoms with van der Waals surface area (Å²) in [7, 11) is 0. The zero-order valence-corrected chi connectivity index (χ0v) is 13.8. The van der Waals surface area contributed by atoms with Crippen molar-refractivity contribution in [2.24, 2.45) is 0 Å². The molecule has 0 saturated carbocycles. The standard InChI is InChI=1S/C15H21ClN4O3/c1-2-23-8-6-18-15(22)19-11-3-4-13(12(16)9-11)20-7-5-17-14(21)10-20/h3-4,9H,2,5-8,10H2,1H3,(H,17,21)(H2,18,19,22). The molecule has 0 aromatic heterocycles. The molecule has 126 valence electrons. The average molecular weight is 341 g/mol. The van der Waals surface area contributed by atoms with E-state index >= 15 is 0 Å². The third kappa shape index (κ3) is 5.30. The molecule has 23 heavy (non-hydrogen) atoms. The predicted molar refractivity (Wildman–Crippen MR) is 90.2 cm³/mol. The lowest BCUT2D eigenvalue weighted by Gasteiger charge is -2.29. The van der Waals surface area contributed by atoms with E-state index in [2.05, 4.69) is 16.0 Å². The van der Waals surface area contributed by atoms with E-state index < -0.39 is 0 Å². The highest BCUT2D eigenvalue weighted by Crippen LogP contribution is 2.29. The van der Waals surface area contributed by atoms with Gasteiger partial charge in [-0.25, -0.2) is 4.79 Å². The number of anilines is 2. The zero-order chi connectivity index (χ0) is 16.7. The van der Waals surface area contributed by atoms with Crippen LogP contribution in [0.5, 0.6) is 0 Å². The molecule has 0 atom stereocenters. The summed E-state index contributed by atoms with van der Waals surface area (Å²) in [6.07, 6.45) is 0. The van der Waals surface area contributed by atoms with Crippen LogP contribution in [0.3, 0.4) is 0 Å². The SMILES string of the molecule is CCOCCNC(=O)Nc1ccc(N2CCNC(=O)C2)c(Cl)c1. The Morgan fingerprint density at radius 1 is 1.48 bits per heavy atom. The number of nitrogens with zero attached hydrogens (tertiary/aromatic N) is 1. The molecule has 0 radical (unpaired) electrons. The van der Waals surface area contributed by atoms with Gasteiger partial charge in [0.1, 0.15) is 0 Å². The summed E-state index contributed by atoms with van der Waals surface area (Å²) in [5, 5.41) is 8.66. The molecule has 0 bridgehead atoms. The van der Waals surface area contributed by atoms with Crippen molar-refractivity contribution in [2.75, 3.05) is 49.6 Å². The van der Waals surface area contributed by atoms with Gasteiger partial charge >= 0.3 is 6.03 Å². The molecule has 3 amide bonds. The minimum absolute atomic E-state index is 0.0248. The van der Waals surface area contributed by atoms with Crippen LogP contribution in [0.2, 0.25) is 5.02 Å². The Kier molecular flexibility index (Phi) is 6.49. The molecular formula is C15H21ClN4O3. The van der Waals surface area contributed by atoms with Gasteiger partial charge < -0.3 is 25.6 Å². The quantitative estimate of drug-likeness (QED) is 0.684. The largest absolute Gasteiger partial charge is 0.380 e. The molecule has 1 aromatic carbocycles. The molecule has 3 N–H and O–H groups in total. The van der Waals surface area contributed by atoms with Crippen LogP contribution in [0, 0.1) is 0 Å². The van der Waals surface area contributed by atoms with Crippen LogP contribution in [-0.4, -0.2) is 51.3 Å². The lowest BCUT2D eigenvalue weighted by Crippen LogP contribution is -2.47. The molecule has 1 aliphatic heterocycles. The van der Waals surface area contributed by atoms with Crippen molar-refractivity contribution >= 4 is 34.9 Å². The van der Waals surface area contributed by atoms with E-state index in [9.17, 15) is 9.59 Å². The Labute approximate surface area is 140 Å². The topological polar surface area (TPSA) is 82.7 Å². The molecular weight excluding hydrogens is 320 g/mol. The molecule has 7 nitrogen and oxygen atoms in total. The number of rotatable bonds is 6. The fourth-order valence-electron chi connectivity index (χ4n) is 2.24. The number of halogens is 1. The fraction of sp³-hybridized carbons (Fsp3) is 0.467. The van der Waals surface area contributed by atoms with Gasteiger partial charge in [-0.1, -0.05) is 11.6 Å². The van der Waals surface area contributed by atoms with Crippen LogP contribution in [0.15, 0.2) is 18.2 Å². The van der Waals surface area contributed by atoms with E-state index in [1.165, 1.54) is 0 Å². The third-order valence-corrected chi connectivity index (χ3v) is 3.62. The maximum Gasteiger partial charge on any atom is 0.319 e. The first-order valence-corrected chi connectivity index (χ1v) is 7.91. The number of carbonyl (C=O) groups excluding carboxylic acids is 2. The normalized spacial score (nSPS) is 14.3. The Balaban J connectivity index is 1.91. The number of hydrogen-bond acceptors (Lipinski definition) is 4. The van der Waals surface area contributed by atoms with Gasteiger partial charge in [0, 0.05) is 31.9 Å². The van der Waals surface area contributed by atoms with Crippen molar-refractivity contribution in [3.63, 3.8) is 0 Å². The van der Waals surface area contributed by atoms with Crippen molar-refractivity contribution < 1.29 is 14.3 Å². The monoisotopic (exact) mass is 340 g/mol. The highest BCUT2D eigenvalue weighted by atomic mass is 35.5. The smallest absolute Gasteiger partial charge is 0.319 e. The number of carbonyl (C=O) groups is 2. The van der Waals surface area contributed by atoms with Gasteiger partial charge in [0.2, 0.25) is 5.91 Å². The Morgan fingerprint density at radius 2 is 2.30 bits per heavy atom. The van der Waals surface area contributed by atoms with Gasteiger partial charge in [0.25, 0.3) is 0 Å². The second-order valence-electron chi connectivity index (χ2n) is 5.02. The van der Waals surface area contributed by atoms with E-state index in [-0.39, 0.29) is 18.5 Å². The second-order valence-corrected chi connectivity index (χ2v) is 5.42. The highest BCUT2D eigenvalue weighted by molar-refractivity contribution is 6.33. The number of urea groups is 1. The molecule has 1 aromatic rings. The van der Waals surface area contributed by atoms with Crippen LogP contribution in [0.4, 0.5) is 16.2 Å². The number of benzene rings is 1. The maximum absolute atomic E-state index is 11.7. The van der Waals surface area contributed by atoms with E-state index in [0.717, 1.165) is 5.69 Å². The first-order chi connectivity index (χ1) is 11.1. The van der Waals surface area contributed by atoms with Crippen molar-refractivity contribution in [2.45, 2.75) is 6.92 Å². The first-order valence-electron chi connectivity index (χ1n) is 7.54. The Hall–Kier alpha value is -1.99. The number of nitrogens with one attached hydrogen (secondary N) is 3. The highest BCUT2D eigenvalue weighted by Gasteiger charge is 2.18. The lowest BCUT2D eigenvalue weighted by atomic mass is 10.2. The average Bonchev–Trinajstić information content (AvgIpc) is 2.52. The summed E-state index contributed by atoms with van der Waals surface area (Å²) in [4.78, 5) is 25.1. The predicted octanol–water partition coefficient (Wildman–Crippen LogP) is 1.43. The number of ether oxygens (including phenoxy) is 1. The van der Waals surface area contributed by atoms with Crippen molar-refractivity contribution in [1.29, 1.82) is 0 Å². The number of piperazine rings is 1. The molecule has 1 saturated heterocycles. The first kappa shape index (κ1) is 17.4. The minimum atomic E-state index is -0.314. The summed E-state index contributed by atoms with van der Waals surface area (Å²) < 4.78 is 5.14. The Morgan fingerprint density at radius 3 is 3.00 bits per heavy atom. The second kappa shape index (κ2) is 8.59. The zero-order valence-electron chi connectivity index (χ0n) is 13.0. The summed E-state index contributed by atoms with van der Waals surface area (Å²) in [6.45, 7) is 5.01. The van der Waals surface area contributed by atoms with Crippen molar-refractivity contribution in [3.05, 3.63) is 23.2 Å². The summed E-state index contributed by atoms with van der Waals surface area (Å²) in [5.41, 5.74) is 1.37. The maximum atomic E-state index is 11.7. The van der Waals surface area contributed by atoms with Crippen molar-refractivity contribution in [1.82, 2.24) is 10.6 Å². The van der Waals surface area contributed by atoms with Crippen LogP contribution in [0.1, 0.15) is 6.92 Å². The molecule has 0 unspecified atom stereocenters. The summed E-state index contributed by atoms with van der Waals surface area (Å²) in [6, 6.07) is 4.92. The van der Waals surface area contributed by atoms with Crippen LogP contribution >= 0.6 is 11.6 Å². The van der Waals surface area contributed by atoms with E-state index in [4.69, 9.17) is 16.3 Å². The molecule has 1 heterocycles. The van der Waals surface area contributed by atoms with Gasteiger partial charge in [-0.2, -0.15) is 0 Å². The molecule has 1 fully saturated rings. The van der Waals surface area contributed by atoms with Gasteiger partial charge in [0.05, 0.1) is 23.9 Å². The van der Waals surface area contributed by atoms with E-state index in [1.807, 2.05) is 11.8 Å². The number of amides is 3. The third-order valence-electron chi connectivity index (χ3n) is 3.32. The molecule has 2 rings (SSSR count). The fourth-order valence-corrected chi connectivity index (χ4v) is 2.54. The summed E-state index contributed by atoms with van der Waals surface area (Å²) >= 11 is 6.27. The van der Waals surface area contributed by atoms with Crippen LogP contribution in [0.25, 0.3) is 0 Å². The van der Waals surface area contributed by atoms with E-state index in [1.54, 1.807) is 18.2 Å². The van der Waals surface area contributed by atoms with Crippen LogP contribution < -0.4 is 20.9 Å². The Bertz CT molecular complexity index is 568. The van der Waals surface area contributed by atoms with E-state index in [0.29, 0.717) is 43.6 Å². The minimum Gasteiger partial charge on any atom is -0.380 e. The van der Waals surface area contributed by atoms with Crippen molar-refractivity contribution in [3.8, 4) is 0 Å². The van der Waals surface area contributed by atoms with Crippen LogP contribution in [-0.2, 0) is 9.53 Å². The van der Waals surface area contributed by atoms with Gasteiger partial charge in [0.15, 0.2) is 0 Å². The van der Waals surface area contributed by atoms with Gasteiger partial charge in [-0.05, 0) is 25.1 Å².